The van der Waals surface area contributed by atoms with Crippen molar-refractivity contribution in [3.63, 3.8) is 0 Å². The lowest BCUT2D eigenvalue weighted by atomic mass is 10.2. The van der Waals surface area contributed by atoms with Crippen LogP contribution in [0.1, 0.15) is 5.56 Å². The van der Waals surface area contributed by atoms with Gasteiger partial charge < -0.3 is 4.74 Å². The molecule has 0 spiro atoms. The molecular weight excluding hydrogens is 410 g/mol. The second kappa shape index (κ2) is 7.85. The standard InChI is InChI=1S/C16H18BrN3O4S/c1-11-3-5-12(6-4-11)20(10-16(21)19-18)25(22,23)13-7-8-15(24-2)14(17)9-13/h3-9H,10,18H2,1-2H3,(H,19,21). The summed E-state index contributed by atoms with van der Waals surface area (Å²) >= 11 is 3.27. The molecule has 0 fully saturated rings. The highest BCUT2D eigenvalue weighted by Crippen LogP contribution is 2.30. The molecule has 0 unspecified atom stereocenters. The van der Waals surface area contributed by atoms with Crippen LogP contribution in [-0.2, 0) is 14.8 Å². The Kier molecular flexibility index (Phi) is 6.04. The lowest BCUT2D eigenvalue weighted by Gasteiger charge is -2.24. The van der Waals surface area contributed by atoms with E-state index < -0.39 is 22.5 Å². The maximum Gasteiger partial charge on any atom is 0.264 e. The van der Waals surface area contributed by atoms with Crippen LogP contribution < -0.4 is 20.3 Å². The molecule has 0 aliphatic heterocycles. The van der Waals surface area contributed by atoms with Crippen molar-refractivity contribution < 1.29 is 17.9 Å². The van der Waals surface area contributed by atoms with Crippen LogP contribution in [0.15, 0.2) is 51.8 Å². The summed E-state index contributed by atoms with van der Waals surface area (Å²) in [6.45, 7) is 1.45. The Balaban J connectivity index is 2.52. The predicted octanol–water partition coefficient (Wildman–Crippen LogP) is 1.95. The highest BCUT2D eigenvalue weighted by Gasteiger charge is 2.27. The van der Waals surface area contributed by atoms with Gasteiger partial charge >= 0.3 is 0 Å². The molecule has 0 bridgehead atoms. The van der Waals surface area contributed by atoms with Gasteiger partial charge in [0.15, 0.2) is 0 Å². The van der Waals surface area contributed by atoms with E-state index in [-0.39, 0.29) is 4.90 Å². The smallest absolute Gasteiger partial charge is 0.264 e. The number of hydrogen-bond acceptors (Lipinski definition) is 5. The number of halogens is 1. The Morgan fingerprint density at radius 2 is 1.88 bits per heavy atom. The third kappa shape index (κ3) is 4.30. The molecule has 2 rings (SSSR count). The van der Waals surface area contributed by atoms with Crippen LogP contribution in [0.25, 0.3) is 0 Å². The highest BCUT2D eigenvalue weighted by molar-refractivity contribution is 9.10. The molecule has 25 heavy (non-hydrogen) atoms. The zero-order chi connectivity index (χ0) is 18.6. The number of amides is 1. The minimum atomic E-state index is -3.99. The van der Waals surface area contributed by atoms with Crippen LogP contribution in [0.2, 0.25) is 0 Å². The zero-order valence-electron chi connectivity index (χ0n) is 13.7. The molecule has 0 saturated carbocycles. The first kappa shape index (κ1) is 19.2. The number of carbonyl (C=O) groups is 1. The Labute approximate surface area is 154 Å². The van der Waals surface area contributed by atoms with Crippen molar-refractivity contribution in [3.05, 3.63) is 52.5 Å². The first-order valence-electron chi connectivity index (χ1n) is 7.22. The number of nitrogens with two attached hydrogens (primary N) is 1. The highest BCUT2D eigenvalue weighted by atomic mass is 79.9. The van der Waals surface area contributed by atoms with Crippen molar-refractivity contribution in [2.45, 2.75) is 11.8 Å². The Bertz CT molecular complexity index is 869. The summed E-state index contributed by atoms with van der Waals surface area (Å²) in [5, 5.41) is 0. The van der Waals surface area contributed by atoms with Gasteiger partial charge in [-0.05, 0) is 53.2 Å². The quantitative estimate of drug-likeness (QED) is 0.416. The monoisotopic (exact) mass is 427 g/mol. The fourth-order valence-electron chi connectivity index (χ4n) is 2.14. The lowest BCUT2D eigenvalue weighted by molar-refractivity contribution is -0.119. The van der Waals surface area contributed by atoms with Crippen molar-refractivity contribution in [3.8, 4) is 5.75 Å². The third-order valence-electron chi connectivity index (χ3n) is 3.48. The minimum Gasteiger partial charge on any atom is -0.496 e. The van der Waals surface area contributed by atoms with Crippen molar-refractivity contribution in [1.29, 1.82) is 0 Å². The van der Waals surface area contributed by atoms with E-state index >= 15 is 0 Å². The Hall–Kier alpha value is -2.10. The van der Waals surface area contributed by atoms with E-state index in [0.29, 0.717) is 15.9 Å². The summed E-state index contributed by atoms with van der Waals surface area (Å²) in [6, 6.07) is 11.2. The second-order valence-electron chi connectivity index (χ2n) is 5.21. The molecule has 0 aliphatic rings. The van der Waals surface area contributed by atoms with Gasteiger partial charge in [-0.15, -0.1) is 0 Å². The SMILES string of the molecule is COc1ccc(S(=O)(=O)N(CC(=O)NN)c2ccc(C)cc2)cc1Br. The van der Waals surface area contributed by atoms with E-state index in [1.54, 1.807) is 24.3 Å². The molecule has 0 aromatic heterocycles. The molecule has 0 atom stereocenters. The number of hydrogen-bond donors (Lipinski definition) is 2. The molecule has 2 aromatic rings. The van der Waals surface area contributed by atoms with Gasteiger partial charge in [-0.2, -0.15) is 0 Å². The number of nitrogens with one attached hydrogen (secondary N) is 1. The molecular formula is C16H18BrN3O4S. The van der Waals surface area contributed by atoms with E-state index in [1.165, 1.54) is 25.3 Å². The van der Waals surface area contributed by atoms with Gasteiger partial charge in [0.25, 0.3) is 15.9 Å². The van der Waals surface area contributed by atoms with Gasteiger partial charge in [0.05, 0.1) is 22.2 Å². The fourth-order valence-corrected chi connectivity index (χ4v) is 4.28. The van der Waals surface area contributed by atoms with Crippen LogP contribution in [0, 0.1) is 6.92 Å². The van der Waals surface area contributed by atoms with Gasteiger partial charge in [-0.3, -0.25) is 14.5 Å². The number of methoxy groups -OCH3 is 1. The number of carbonyl (C=O) groups excluding carboxylic acids is 1. The average Bonchev–Trinajstić information content (AvgIpc) is 2.60. The number of anilines is 1. The number of aryl methyl sites for hydroxylation is 1. The first-order chi connectivity index (χ1) is 11.8. The Morgan fingerprint density at radius 1 is 1.24 bits per heavy atom. The summed E-state index contributed by atoms with van der Waals surface area (Å²) in [5.74, 6) is 4.99. The minimum absolute atomic E-state index is 0.0190. The van der Waals surface area contributed by atoms with Crippen molar-refractivity contribution in [1.82, 2.24) is 5.43 Å². The van der Waals surface area contributed by atoms with Gasteiger partial charge in [0.1, 0.15) is 12.3 Å². The van der Waals surface area contributed by atoms with Gasteiger partial charge in [0.2, 0.25) is 0 Å². The number of sulfonamides is 1. The molecule has 0 radical (unpaired) electrons. The van der Waals surface area contributed by atoms with E-state index in [0.717, 1.165) is 9.87 Å². The molecule has 9 heteroatoms. The van der Waals surface area contributed by atoms with Crippen LogP contribution >= 0.6 is 15.9 Å². The Morgan fingerprint density at radius 3 is 2.40 bits per heavy atom. The summed E-state index contributed by atoms with van der Waals surface area (Å²) in [7, 11) is -2.50. The zero-order valence-corrected chi connectivity index (χ0v) is 16.1. The van der Waals surface area contributed by atoms with Crippen LogP contribution in [0.3, 0.4) is 0 Å². The number of ether oxygens (including phenoxy) is 1. The molecule has 0 heterocycles. The molecule has 134 valence electrons. The number of benzene rings is 2. The van der Waals surface area contributed by atoms with E-state index in [9.17, 15) is 13.2 Å². The van der Waals surface area contributed by atoms with Gasteiger partial charge in [-0.25, -0.2) is 14.3 Å². The van der Waals surface area contributed by atoms with E-state index in [1.807, 2.05) is 12.3 Å². The van der Waals surface area contributed by atoms with Gasteiger partial charge in [0, 0.05) is 0 Å². The number of rotatable bonds is 6. The number of hydrazine groups is 1. The van der Waals surface area contributed by atoms with Crippen LogP contribution in [0.5, 0.6) is 5.75 Å². The summed E-state index contributed by atoms with van der Waals surface area (Å²) < 4.78 is 32.7. The summed E-state index contributed by atoms with van der Waals surface area (Å²) in [4.78, 5) is 11.8. The topological polar surface area (TPSA) is 102 Å². The molecule has 1 amide bonds. The van der Waals surface area contributed by atoms with Gasteiger partial charge in [-0.1, -0.05) is 17.7 Å². The maximum atomic E-state index is 13.1. The largest absolute Gasteiger partial charge is 0.496 e. The number of nitrogens with zero attached hydrogens (tertiary/aromatic N) is 1. The molecule has 0 aliphatic carbocycles. The van der Waals surface area contributed by atoms with Crippen LogP contribution in [0.4, 0.5) is 5.69 Å². The predicted molar refractivity (Wildman–Crippen MR) is 98.7 cm³/mol. The molecule has 0 saturated heterocycles. The molecule has 3 N–H and O–H groups in total. The van der Waals surface area contributed by atoms with Crippen molar-refractivity contribution in [2.75, 3.05) is 18.0 Å². The fraction of sp³-hybridized carbons (Fsp3) is 0.188. The maximum absolute atomic E-state index is 13.1. The average molecular weight is 428 g/mol. The third-order valence-corrected chi connectivity index (χ3v) is 5.87. The summed E-state index contributed by atoms with van der Waals surface area (Å²) in [6.07, 6.45) is 0. The second-order valence-corrected chi connectivity index (χ2v) is 7.93. The van der Waals surface area contributed by atoms with E-state index in [4.69, 9.17) is 10.6 Å². The molecule has 7 nitrogen and oxygen atoms in total. The van der Waals surface area contributed by atoms with Crippen molar-refractivity contribution >= 4 is 37.5 Å². The molecule has 2 aromatic carbocycles. The normalized spacial score (nSPS) is 11.0. The van der Waals surface area contributed by atoms with Crippen molar-refractivity contribution in [2.24, 2.45) is 5.84 Å². The lowest BCUT2D eigenvalue weighted by Crippen LogP contribution is -2.43. The van der Waals surface area contributed by atoms with Crippen LogP contribution in [-0.4, -0.2) is 28.0 Å². The first-order valence-corrected chi connectivity index (χ1v) is 9.45. The summed E-state index contributed by atoms with van der Waals surface area (Å²) in [5.41, 5.74) is 3.29. The van der Waals surface area contributed by atoms with E-state index in [2.05, 4.69) is 15.9 Å².